The van der Waals surface area contributed by atoms with E-state index < -0.39 is 5.97 Å². The summed E-state index contributed by atoms with van der Waals surface area (Å²) in [5, 5.41) is 12.2. The molecule has 1 saturated heterocycles. The average Bonchev–Trinajstić information content (AvgIpc) is 3.30. The van der Waals surface area contributed by atoms with E-state index in [4.69, 9.17) is 4.74 Å². The Morgan fingerprint density at radius 1 is 1.20 bits per heavy atom. The number of nitrogens with one attached hydrogen (secondary N) is 2. The van der Waals surface area contributed by atoms with Crippen LogP contribution in [0, 0.1) is 6.92 Å². The minimum Gasteiger partial charge on any atom is -0.478 e. The number of carbonyl (C=O) groups excluding carboxylic acids is 2. The zero-order chi connectivity index (χ0) is 25.1. The molecule has 3 N–H and O–H groups in total. The lowest BCUT2D eigenvalue weighted by Gasteiger charge is -2.32. The highest BCUT2D eigenvalue weighted by molar-refractivity contribution is 6.35. The molecule has 2 aromatic rings. The summed E-state index contributed by atoms with van der Waals surface area (Å²) in [6, 6.07) is 4.56. The number of hydrogen-bond donors (Lipinski definition) is 3. The molecule has 3 heterocycles. The Kier molecular flexibility index (Phi) is 7.37. The summed E-state index contributed by atoms with van der Waals surface area (Å²) in [7, 11) is 2.13. The van der Waals surface area contributed by atoms with Crippen molar-refractivity contribution in [2.75, 3.05) is 51.7 Å². The molecule has 2 aliphatic heterocycles. The number of esters is 1. The second-order valence-corrected chi connectivity index (χ2v) is 9.06. The van der Waals surface area contributed by atoms with E-state index >= 15 is 0 Å². The third-order valence-electron chi connectivity index (χ3n) is 6.64. The van der Waals surface area contributed by atoms with Gasteiger partial charge in [0.2, 0.25) is 0 Å². The molecule has 1 fully saturated rings. The Bertz CT molecular complexity index is 1170. The molecule has 0 bridgehead atoms. The molecule has 1 amide bonds. The monoisotopic (exact) mass is 480 g/mol. The van der Waals surface area contributed by atoms with Crippen molar-refractivity contribution in [1.82, 2.24) is 14.8 Å². The number of hydrogen-bond acceptors (Lipinski definition) is 6. The number of benzene rings is 1. The second-order valence-electron chi connectivity index (χ2n) is 9.06. The van der Waals surface area contributed by atoms with Crippen LogP contribution in [0.1, 0.15) is 56.6 Å². The summed E-state index contributed by atoms with van der Waals surface area (Å²) in [6.07, 6.45) is 3.22. The van der Waals surface area contributed by atoms with Crippen LogP contribution in [0.4, 0.5) is 5.69 Å². The predicted octanol–water partition coefficient (Wildman–Crippen LogP) is 2.87. The van der Waals surface area contributed by atoms with E-state index in [1.54, 1.807) is 19.1 Å². The van der Waals surface area contributed by atoms with Gasteiger partial charge in [0.05, 0.1) is 23.3 Å². The number of amides is 1. The topological polar surface area (TPSA) is 115 Å². The van der Waals surface area contributed by atoms with Crippen LogP contribution < -0.4 is 5.32 Å². The van der Waals surface area contributed by atoms with Gasteiger partial charge in [-0.25, -0.2) is 9.59 Å². The number of anilines is 1. The first kappa shape index (κ1) is 24.7. The maximum absolute atomic E-state index is 12.8. The van der Waals surface area contributed by atoms with Crippen molar-refractivity contribution in [1.29, 1.82) is 0 Å². The van der Waals surface area contributed by atoms with Gasteiger partial charge in [0.15, 0.2) is 0 Å². The lowest BCUT2D eigenvalue weighted by molar-refractivity contribution is -0.110. The number of aromatic amines is 1. The van der Waals surface area contributed by atoms with E-state index in [1.807, 2.05) is 6.92 Å². The Hall–Kier alpha value is -3.43. The number of likely N-dealkylation sites (N-methyl/N-ethyl adjacent to an activating group) is 1. The summed E-state index contributed by atoms with van der Waals surface area (Å²) in [4.78, 5) is 45.0. The molecule has 1 aromatic carbocycles. The second kappa shape index (κ2) is 10.5. The minimum atomic E-state index is -1.06. The molecular formula is C26H32N4O5. The molecule has 0 atom stereocenters. The van der Waals surface area contributed by atoms with E-state index in [2.05, 4.69) is 27.1 Å². The van der Waals surface area contributed by atoms with Crippen LogP contribution in [-0.2, 0) is 16.0 Å². The molecular weight excluding hydrogens is 448 g/mol. The largest absolute Gasteiger partial charge is 0.478 e. The van der Waals surface area contributed by atoms with Crippen LogP contribution in [0.3, 0.4) is 0 Å². The first-order valence-corrected chi connectivity index (χ1v) is 12.0. The molecule has 0 saturated carbocycles. The molecule has 2 aliphatic rings. The molecule has 4 rings (SSSR count). The standard InChI is InChI=1S/C26H32N4O5/c1-4-35-26(34)23-16(2)27-22(18(23)6-5-9-30-12-10-29(3)11-13-30)15-20-19-14-17(25(32)33)7-8-21(19)28-24(20)31/h7-8,14-15,27H,4-6,9-13H2,1-3H3,(H,28,31)(H,32,33). The van der Waals surface area contributed by atoms with E-state index in [0.717, 1.165) is 44.7 Å². The van der Waals surface area contributed by atoms with Gasteiger partial charge < -0.3 is 29.9 Å². The van der Waals surface area contributed by atoms with Crippen molar-refractivity contribution < 1.29 is 24.2 Å². The van der Waals surface area contributed by atoms with E-state index in [-0.39, 0.29) is 24.0 Å². The summed E-state index contributed by atoms with van der Waals surface area (Å²) in [6.45, 7) is 8.92. The Morgan fingerprint density at radius 2 is 1.94 bits per heavy atom. The fraction of sp³-hybridized carbons (Fsp3) is 0.423. The molecule has 0 radical (unpaired) electrons. The molecule has 1 aromatic heterocycles. The number of nitrogens with zero attached hydrogens (tertiary/aromatic N) is 2. The Balaban J connectivity index is 1.66. The van der Waals surface area contributed by atoms with Gasteiger partial charge in [0, 0.05) is 48.8 Å². The predicted molar refractivity (Wildman–Crippen MR) is 134 cm³/mol. The lowest BCUT2D eigenvalue weighted by atomic mass is 9.99. The van der Waals surface area contributed by atoms with Crippen molar-refractivity contribution in [2.24, 2.45) is 0 Å². The van der Waals surface area contributed by atoms with Gasteiger partial charge >= 0.3 is 11.9 Å². The number of aryl methyl sites for hydroxylation is 1. The van der Waals surface area contributed by atoms with Crippen molar-refractivity contribution >= 4 is 35.2 Å². The zero-order valence-electron chi connectivity index (χ0n) is 20.4. The highest BCUT2D eigenvalue weighted by Gasteiger charge is 2.28. The zero-order valence-corrected chi connectivity index (χ0v) is 20.4. The van der Waals surface area contributed by atoms with Gasteiger partial charge in [-0.15, -0.1) is 0 Å². The smallest absolute Gasteiger partial charge is 0.340 e. The van der Waals surface area contributed by atoms with Gasteiger partial charge in [-0.2, -0.15) is 0 Å². The highest BCUT2D eigenvalue weighted by Crippen LogP contribution is 2.35. The van der Waals surface area contributed by atoms with Gasteiger partial charge in [-0.3, -0.25) is 4.79 Å². The fourth-order valence-electron chi connectivity index (χ4n) is 4.72. The number of carboxylic acids is 1. The SMILES string of the molecule is CCOC(=O)c1c(C)[nH]c(C=C2C(=O)Nc3ccc(C(=O)O)cc32)c1CCCN1CCN(C)CC1. The van der Waals surface area contributed by atoms with Gasteiger partial charge in [-0.1, -0.05) is 0 Å². The van der Waals surface area contributed by atoms with Crippen LogP contribution in [0.2, 0.25) is 0 Å². The molecule has 9 heteroatoms. The maximum Gasteiger partial charge on any atom is 0.340 e. The minimum absolute atomic E-state index is 0.105. The van der Waals surface area contributed by atoms with Gasteiger partial charge in [0.25, 0.3) is 5.91 Å². The van der Waals surface area contributed by atoms with Crippen LogP contribution in [0.25, 0.3) is 11.6 Å². The molecule has 0 spiro atoms. The van der Waals surface area contributed by atoms with Gasteiger partial charge in [0.1, 0.15) is 0 Å². The normalized spacial score (nSPS) is 17.5. The number of ether oxygens (including phenoxy) is 1. The first-order valence-electron chi connectivity index (χ1n) is 12.0. The summed E-state index contributed by atoms with van der Waals surface area (Å²) >= 11 is 0. The summed E-state index contributed by atoms with van der Waals surface area (Å²) in [5.74, 6) is -1.75. The average molecular weight is 481 g/mol. The number of aromatic carboxylic acids is 1. The number of carboxylic acid groups (broad SMARTS) is 1. The third kappa shape index (κ3) is 5.31. The number of aromatic nitrogens is 1. The van der Waals surface area contributed by atoms with Crippen molar-refractivity contribution in [3.05, 3.63) is 51.8 Å². The van der Waals surface area contributed by atoms with Crippen LogP contribution in [0.15, 0.2) is 18.2 Å². The maximum atomic E-state index is 12.8. The number of piperazine rings is 1. The van der Waals surface area contributed by atoms with Crippen LogP contribution in [0.5, 0.6) is 0 Å². The lowest BCUT2D eigenvalue weighted by Crippen LogP contribution is -2.44. The molecule has 0 unspecified atom stereocenters. The third-order valence-corrected chi connectivity index (χ3v) is 6.64. The van der Waals surface area contributed by atoms with E-state index in [1.165, 1.54) is 12.1 Å². The van der Waals surface area contributed by atoms with E-state index in [9.17, 15) is 19.5 Å². The van der Waals surface area contributed by atoms with Crippen LogP contribution >= 0.6 is 0 Å². The Morgan fingerprint density at radius 3 is 2.63 bits per heavy atom. The summed E-state index contributed by atoms with van der Waals surface area (Å²) in [5.41, 5.74) is 4.24. The fourth-order valence-corrected chi connectivity index (χ4v) is 4.72. The Labute approximate surface area is 204 Å². The molecule has 0 aliphatic carbocycles. The van der Waals surface area contributed by atoms with Gasteiger partial charge in [-0.05, 0) is 70.1 Å². The molecule has 9 nitrogen and oxygen atoms in total. The summed E-state index contributed by atoms with van der Waals surface area (Å²) < 4.78 is 5.32. The van der Waals surface area contributed by atoms with Crippen molar-refractivity contribution in [3.63, 3.8) is 0 Å². The van der Waals surface area contributed by atoms with Crippen molar-refractivity contribution in [2.45, 2.75) is 26.7 Å². The van der Waals surface area contributed by atoms with Crippen LogP contribution in [-0.4, -0.2) is 84.1 Å². The first-order chi connectivity index (χ1) is 16.8. The number of fused-ring (bicyclic) bond motifs is 1. The number of H-pyrrole nitrogens is 1. The quantitative estimate of drug-likeness (QED) is 0.393. The molecule has 35 heavy (non-hydrogen) atoms. The number of carbonyl (C=O) groups is 3. The van der Waals surface area contributed by atoms with E-state index in [0.29, 0.717) is 40.2 Å². The molecule has 186 valence electrons. The highest BCUT2D eigenvalue weighted by atomic mass is 16.5. The van der Waals surface area contributed by atoms with Crippen molar-refractivity contribution in [3.8, 4) is 0 Å². The number of rotatable bonds is 8.